The van der Waals surface area contributed by atoms with E-state index in [1.54, 1.807) is 41.5 Å². The molecular formula is C17H24O6. The Morgan fingerprint density at radius 2 is 1.61 bits per heavy atom. The van der Waals surface area contributed by atoms with Crippen LogP contribution in [0.3, 0.4) is 0 Å². The minimum absolute atomic E-state index is 0.0389. The van der Waals surface area contributed by atoms with Gasteiger partial charge in [-0.1, -0.05) is 0 Å². The molecule has 1 saturated heterocycles. The summed E-state index contributed by atoms with van der Waals surface area (Å²) < 4.78 is 15.3. The van der Waals surface area contributed by atoms with Crippen LogP contribution in [-0.2, 0) is 28.6 Å². The van der Waals surface area contributed by atoms with Gasteiger partial charge in [0.2, 0.25) is 0 Å². The first-order chi connectivity index (χ1) is 10.4. The van der Waals surface area contributed by atoms with E-state index in [0.29, 0.717) is 12.0 Å². The van der Waals surface area contributed by atoms with E-state index in [2.05, 4.69) is 0 Å². The fourth-order valence-electron chi connectivity index (χ4n) is 1.72. The zero-order chi connectivity index (χ0) is 17.8. The summed E-state index contributed by atoms with van der Waals surface area (Å²) in [6.07, 6.45) is 2.75. The van der Waals surface area contributed by atoms with Crippen molar-refractivity contribution in [1.29, 1.82) is 0 Å². The van der Waals surface area contributed by atoms with Gasteiger partial charge in [0.1, 0.15) is 11.2 Å². The molecule has 0 aromatic rings. The standard InChI is InChI=1S/C17H24O6/c1-16(2,3)22-13(18)10-12(15(20)23-17(4,5)6)9-11-7-8-21-14(11)19/h9-10H,7-8H2,1-6H3/b11-9+,12-10+. The maximum atomic E-state index is 12.3. The largest absolute Gasteiger partial charge is 0.462 e. The molecule has 0 N–H and O–H groups in total. The molecule has 0 aromatic carbocycles. The molecule has 23 heavy (non-hydrogen) atoms. The zero-order valence-corrected chi connectivity index (χ0v) is 14.5. The zero-order valence-electron chi connectivity index (χ0n) is 14.5. The molecule has 1 fully saturated rings. The molecule has 0 amide bonds. The number of hydrogen-bond donors (Lipinski definition) is 0. The van der Waals surface area contributed by atoms with E-state index >= 15 is 0 Å². The lowest BCUT2D eigenvalue weighted by atomic mass is 10.1. The van der Waals surface area contributed by atoms with Crippen molar-refractivity contribution in [2.24, 2.45) is 0 Å². The topological polar surface area (TPSA) is 78.9 Å². The van der Waals surface area contributed by atoms with Gasteiger partial charge in [0.25, 0.3) is 0 Å². The number of carbonyl (C=O) groups is 3. The van der Waals surface area contributed by atoms with Gasteiger partial charge in [0.05, 0.1) is 12.2 Å². The van der Waals surface area contributed by atoms with E-state index in [1.807, 2.05) is 0 Å². The summed E-state index contributed by atoms with van der Waals surface area (Å²) in [5.41, 5.74) is -1.13. The van der Waals surface area contributed by atoms with Crippen molar-refractivity contribution in [1.82, 2.24) is 0 Å². The first-order valence-electron chi connectivity index (χ1n) is 7.43. The van der Waals surface area contributed by atoms with Crippen molar-refractivity contribution in [2.75, 3.05) is 6.61 Å². The van der Waals surface area contributed by atoms with Crippen molar-refractivity contribution >= 4 is 17.9 Å². The molecule has 0 aliphatic carbocycles. The molecule has 0 aromatic heterocycles. The molecule has 0 radical (unpaired) electrons. The van der Waals surface area contributed by atoms with Gasteiger partial charge in [-0.2, -0.15) is 0 Å². The summed E-state index contributed by atoms with van der Waals surface area (Å²) in [7, 11) is 0. The third-order valence-corrected chi connectivity index (χ3v) is 2.51. The first-order valence-corrected chi connectivity index (χ1v) is 7.43. The maximum absolute atomic E-state index is 12.3. The van der Waals surface area contributed by atoms with Crippen molar-refractivity contribution in [3.8, 4) is 0 Å². The average Bonchev–Trinajstić information content (AvgIpc) is 2.69. The second-order valence-corrected chi connectivity index (χ2v) is 7.19. The van der Waals surface area contributed by atoms with Crippen molar-refractivity contribution in [2.45, 2.75) is 59.2 Å². The maximum Gasteiger partial charge on any atom is 0.338 e. The minimum atomic E-state index is -0.723. The lowest BCUT2D eigenvalue weighted by molar-refractivity contribution is -0.152. The number of carbonyl (C=O) groups excluding carboxylic acids is 3. The monoisotopic (exact) mass is 324 g/mol. The highest BCUT2D eigenvalue weighted by molar-refractivity contribution is 6.01. The van der Waals surface area contributed by atoms with Crippen LogP contribution >= 0.6 is 0 Å². The molecule has 0 bridgehead atoms. The molecule has 1 aliphatic rings. The van der Waals surface area contributed by atoms with Gasteiger partial charge in [0, 0.05) is 18.1 Å². The van der Waals surface area contributed by atoms with Crippen LogP contribution in [0.25, 0.3) is 0 Å². The van der Waals surface area contributed by atoms with Crippen LogP contribution in [0.15, 0.2) is 23.3 Å². The predicted molar refractivity (Wildman–Crippen MR) is 83.4 cm³/mol. The highest BCUT2D eigenvalue weighted by Gasteiger charge is 2.25. The fourth-order valence-corrected chi connectivity index (χ4v) is 1.72. The minimum Gasteiger partial charge on any atom is -0.462 e. The number of hydrogen-bond acceptors (Lipinski definition) is 6. The Labute approximate surface area is 136 Å². The summed E-state index contributed by atoms with van der Waals surface area (Å²) >= 11 is 0. The van der Waals surface area contributed by atoms with Crippen LogP contribution in [-0.4, -0.2) is 35.7 Å². The van der Waals surface area contributed by atoms with E-state index in [9.17, 15) is 14.4 Å². The Kier molecular flexibility index (Phi) is 5.75. The Morgan fingerprint density at radius 3 is 2.04 bits per heavy atom. The Bertz CT molecular complexity index is 555. The van der Waals surface area contributed by atoms with Crippen LogP contribution in [0, 0.1) is 0 Å². The van der Waals surface area contributed by atoms with Crippen LogP contribution in [0.2, 0.25) is 0 Å². The van der Waals surface area contributed by atoms with Crippen molar-refractivity contribution < 1.29 is 28.6 Å². The second kappa shape index (κ2) is 6.98. The molecule has 128 valence electrons. The number of ether oxygens (including phenoxy) is 3. The molecule has 1 rings (SSSR count). The SMILES string of the molecule is CC(C)(C)OC(=O)/C=C(\C=C1/CCOC1=O)C(=O)OC(C)(C)C. The van der Waals surface area contributed by atoms with Crippen molar-refractivity contribution in [3.63, 3.8) is 0 Å². The Hall–Kier alpha value is -2.11. The third kappa shape index (κ3) is 7.13. The van der Waals surface area contributed by atoms with Crippen LogP contribution < -0.4 is 0 Å². The molecule has 0 atom stereocenters. The van der Waals surface area contributed by atoms with Gasteiger partial charge >= 0.3 is 17.9 Å². The quantitative estimate of drug-likeness (QED) is 0.451. The Morgan fingerprint density at radius 1 is 1.04 bits per heavy atom. The lowest BCUT2D eigenvalue weighted by Gasteiger charge is -2.21. The molecular weight excluding hydrogens is 300 g/mol. The second-order valence-electron chi connectivity index (χ2n) is 7.19. The smallest absolute Gasteiger partial charge is 0.338 e. The summed E-state index contributed by atoms with van der Waals surface area (Å²) in [6.45, 7) is 10.6. The normalized spacial score (nSPS) is 17.9. The van der Waals surface area contributed by atoms with Crippen LogP contribution in [0.5, 0.6) is 0 Å². The number of esters is 3. The summed E-state index contributed by atoms with van der Waals surface area (Å²) in [5, 5.41) is 0. The molecule has 1 heterocycles. The van der Waals surface area contributed by atoms with Gasteiger partial charge in [-0.25, -0.2) is 14.4 Å². The molecule has 6 nitrogen and oxygen atoms in total. The van der Waals surface area contributed by atoms with E-state index in [0.717, 1.165) is 6.08 Å². The van der Waals surface area contributed by atoms with Gasteiger partial charge in [-0.3, -0.25) is 0 Å². The highest BCUT2D eigenvalue weighted by atomic mass is 16.6. The predicted octanol–water partition coefficient (Wildman–Crippen LogP) is 2.47. The van der Waals surface area contributed by atoms with Crippen LogP contribution in [0.4, 0.5) is 0 Å². The average molecular weight is 324 g/mol. The third-order valence-electron chi connectivity index (χ3n) is 2.51. The molecule has 0 saturated carbocycles. The Balaban J connectivity index is 3.08. The first kappa shape index (κ1) is 18.9. The van der Waals surface area contributed by atoms with Gasteiger partial charge in [0.15, 0.2) is 0 Å². The van der Waals surface area contributed by atoms with Crippen LogP contribution in [0.1, 0.15) is 48.0 Å². The fraction of sp³-hybridized carbons (Fsp3) is 0.588. The summed E-state index contributed by atoms with van der Waals surface area (Å²) in [4.78, 5) is 35.7. The molecule has 6 heteroatoms. The van der Waals surface area contributed by atoms with Gasteiger partial charge in [-0.15, -0.1) is 0 Å². The highest BCUT2D eigenvalue weighted by Crippen LogP contribution is 2.19. The molecule has 0 unspecified atom stereocenters. The number of rotatable bonds is 3. The van der Waals surface area contributed by atoms with E-state index in [4.69, 9.17) is 14.2 Å². The van der Waals surface area contributed by atoms with Gasteiger partial charge < -0.3 is 14.2 Å². The van der Waals surface area contributed by atoms with E-state index in [1.165, 1.54) is 6.08 Å². The van der Waals surface area contributed by atoms with E-state index in [-0.39, 0.29) is 12.2 Å². The summed E-state index contributed by atoms with van der Waals surface area (Å²) in [6, 6.07) is 0. The lowest BCUT2D eigenvalue weighted by Crippen LogP contribution is -2.26. The van der Waals surface area contributed by atoms with E-state index < -0.39 is 29.1 Å². The van der Waals surface area contributed by atoms with Crippen molar-refractivity contribution in [3.05, 3.63) is 23.3 Å². The van der Waals surface area contributed by atoms with Gasteiger partial charge in [-0.05, 0) is 47.6 Å². The molecule has 0 spiro atoms. The summed E-state index contributed by atoms with van der Waals surface area (Å²) in [5.74, 6) is -1.87. The molecule has 1 aliphatic heterocycles. The number of cyclic esters (lactones) is 1.